The molecular weight excluding hydrogens is 539 g/mol. The Labute approximate surface area is 232 Å². The zero-order valence-electron chi connectivity index (χ0n) is 21.7. The fraction of sp³-hybridized carbons (Fsp3) is 0.250. The van der Waals surface area contributed by atoms with Crippen LogP contribution in [0, 0.1) is 0 Å². The first-order valence-electron chi connectivity index (χ1n) is 12.8. The first-order valence-corrected chi connectivity index (χ1v) is 12.8. The second-order valence-electron chi connectivity index (χ2n) is 9.94. The van der Waals surface area contributed by atoms with Crippen LogP contribution in [-0.4, -0.2) is 51.7 Å². The number of aliphatic imine (C=N–C) groups is 1. The van der Waals surface area contributed by atoms with Gasteiger partial charge in [0, 0.05) is 23.9 Å². The average molecular weight is 564 g/mol. The molecule has 1 amide bonds. The molecule has 13 heteroatoms. The van der Waals surface area contributed by atoms with Gasteiger partial charge in [0.05, 0.1) is 34.8 Å². The summed E-state index contributed by atoms with van der Waals surface area (Å²) in [6, 6.07) is 17.5. The molecule has 4 heterocycles. The fourth-order valence-corrected chi connectivity index (χ4v) is 4.65. The van der Waals surface area contributed by atoms with Gasteiger partial charge >= 0.3 is 12.2 Å². The van der Waals surface area contributed by atoms with Crippen LogP contribution in [0.25, 0.3) is 11.6 Å². The quantitative estimate of drug-likeness (QED) is 0.300. The van der Waals surface area contributed by atoms with Crippen molar-refractivity contribution in [1.82, 2.24) is 15.2 Å². The van der Waals surface area contributed by atoms with E-state index in [1.807, 2.05) is 49.4 Å². The molecular formula is C28H24F3N7O3. The van der Waals surface area contributed by atoms with Gasteiger partial charge in [-0.15, -0.1) is 5.10 Å². The largest absolute Gasteiger partial charge is 0.417 e. The molecule has 0 spiro atoms. The fourth-order valence-electron chi connectivity index (χ4n) is 4.65. The second kappa shape index (κ2) is 10.3. The van der Waals surface area contributed by atoms with E-state index in [9.17, 15) is 18.0 Å². The van der Waals surface area contributed by atoms with Gasteiger partial charge < -0.3 is 25.1 Å². The Morgan fingerprint density at radius 1 is 1.07 bits per heavy atom. The Morgan fingerprint density at radius 2 is 1.85 bits per heavy atom. The van der Waals surface area contributed by atoms with E-state index < -0.39 is 29.4 Å². The number of fused-ring (bicyclic) bond motifs is 1. The maximum atomic E-state index is 13.5. The minimum absolute atomic E-state index is 0.0258. The number of anilines is 3. The number of ether oxygens (including phenoxy) is 1. The third-order valence-corrected chi connectivity index (χ3v) is 6.75. The monoisotopic (exact) mass is 563 g/mol. The summed E-state index contributed by atoms with van der Waals surface area (Å²) >= 11 is 0. The van der Waals surface area contributed by atoms with Crippen molar-refractivity contribution in [3.63, 3.8) is 0 Å². The van der Waals surface area contributed by atoms with Gasteiger partial charge in [-0.05, 0) is 25.5 Å². The Hall–Kier alpha value is -4.78. The topological polar surface area (TPSA) is 127 Å². The third-order valence-electron chi connectivity index (χ3n) is 6.75. The predicted octanol–water partition coefficient (Wildman–Crippen LogP) is 4.97. The maximum absolute atomic E-state index is 13.5. The third kappa shape index (κ3) is 5.48. The number of benzene rings is 2. The highest BCUT2D eigenvalue weighted by Gasteiger charge is 2.35. The summed E-state index contributed by atoms with van der Waals surface area (Å²) in [7, 11) is 0. The molecule has 0 aliphatic carbocycles. The minimum atomic E-state index is -4.60. The van der Waals surface area contributed by atoms with Crippen LogP contribution >= 0.6 is 0 Å². The molecule has 2 aromatic heterocycles. The number of alkyl halides is 3. The zero-order chi connectivity index (χ0) is 28.6. The number of pyridine rings is 1. The van der Waals surface area contributed by atoms with Gasteiger partial charge in [0.2, 0.25) is 6.17 Å². The Kier molecular flexibility index (Phi) is 6.66. The van der Waals surface area contributed by atoms with Gasteiger partial charge in [-0.3, -0.25) is 4.79 Å². The van der Waals surface area contributed by atoms with Crippen LogP contribution in [0.3, 0.4) is 0 Å². The Morgan fingerprint density at radius 3 is 2.61 bits per heavy atom. The molecule has 6 rings (SSSR count). The minimum Gasteiger partial charge on any atom is -0.402 e. The molecule has 210 valence electrons. The van der Waals surface area contributed by atoms with Crippen molar-refractivity contribution in [2.75, 3.05) is 29.2 Å². The van der Waals surface area contributed by atoms with E-state index in [0.717, 1.165) is 17.2 Å². The lowest BCUT2D eigenvalue weighted by molar-refractivity contribution is -0.137. The van der Waals surface area contributed by atoms with Gasteiger partial charge in [-0.25, -0.2) is 9.98 Å². The maximum Gasteiger partial charge on any atom is 0.417 e. The predicted molar refractivity (Wildman–Crippen MR) is 145 cm³/mol. The molecule has 41 heavy (non-hydrogen) atoms. The highest BCUT2D eigenvalue weighted by Crippen LogP contribution is 2.36. The summed E-state index contributed by atoms with van der Waals surface area (Å²) in [4.78, 5) is 21.8. The molecule has 0 radical (unpaired) electrons. The van der Waals surface area contributed by atoms with Gasteiger partial charge in [0.1, 0.15) is 0 Å². The van der Waals surface area contributed by atoms with Crippen molar-refractivity contribution >= 4 is 29.0 Å². The molecule has 2 aliphatic rings. The van der Waals surface area contributed by atoms with E-state index in [1.165, 1.54) is 0 Å². The van der Waals surface area contributed by atoms with Gasteiger partial charge in [0.15, 0.2) is 5.69 Å². The van der Waals surface area contributed by atoms with E-state index in [-0.39, 0.29) is 23.3 Å². The van der Waals surface area contributed by atoms with Gasteiger partial charge in [-0.2, -0.15) is 13.2 Å². The SMILES string of the molecule is CC1(Nc2cc(C(F)(F)F)cnc2-c2nnc(N[C@H]3N=C(c4ccccc4)c4ccccc4NC3=O)o2)CCOC1. The van der Waals surface area contributed by atoms with E-state index >= 15 is 0 Å². The van der Waals surface area contributed by atoms with Crippen LogP contribution in [0.4, 0.5) is 30.6 Å². The molecule has 3 N–H and O–H groups in total. The van der Waals surface area contributed by atoms with Crippen LogP contribution in [-0.2, 0) is 15.7 Å². The number of nitrogens with zero attached hydrogens (tertiary/aromatic N) is 4. The number of carbonyl (C=O) groups is 1. The highest BCUT2D eigenvalue weighted by atomic mass is 19.4. The number of nitrogens with one attached hydrogen (secondary N) is 3. The normalized spacial score (nSPS) is 20.5. The molecule has 10 nitrogen and oxygen atoms in total. The van der Waals surface area contributed by atoms with E-state index in [1.54, 1.807) is 12.1 Å². The molecule has 2 aliphatic heterocycles. The standard InChI is InChI=1S/C28H24F3N7O3/c1-27(11-12-40-15-27)36-20-13-17(28(29,30)31)14-32-22(20)25-37-38-26(41-25)35-23-24(39)33-19-10-6-5-9-18(19)21(34-23)16-7-3-2-4-8-16/h2-10,13-14,23,36H,11-12,15H2,1H3,(H,33,39)(H,35,38)/t23-,27?/m1/s1. The van der Waals surface area contributed by atoms with Crippen LogP contribution < -0.4 is 16.0 Å². The number of hydrogen-bond donors (Lipinski definition) is 3. The van der Waals surface area contributed by atoms with Gasteiger partial charge in [-0.1, -0.05) is 53.6 Å². The highest BCUT2D eigenvalue weighted by molar-refractivity contribution is 6.19. The number of amides is 1. The van der Waals surface area contributed by atoms with Crippen LogP contribution in [0.1, 0.15) is 30.0 Å². The van der Waals surface area contributed by atoms with E-state index in [4.69, 9.17) is 9.15 Å². The van der Waals surface area contributed by atoms with Crippen LogP contribution in [0.15, 0.2) is 76.3 Å². The molecule has 1 saturated heterocycles. The van der Waals surface area contributed by atoms with E-state index in [2.05, 4.69) is 36.1 Å². The summed E-state index contributed by atoms with van der Waals surface area (Å²) in [5, 5.41) is 16.8. The number of halogens is 3. The van der Waals surface area contributed by atoms with Crippen LogP contribution in [0.5, 0.6) is 0 Å². The molecule has 0 saturated carbocycles. The molecule has 0 bridgehead atoms. The molecule has 2 aromatic carbocycles. The van der Waals surface area contributed by atoms with Crippen molar-refractivity contribution < 1.29 is 27.1 Å². The van der Waals surface area contributed by atoms with Gasteiger partial charge in [0.25, 0.3) is 11.8 Å². The lowest BCUT2D eigenvalue weighted by atomic mass is 10.0. The van der Waals surface area contributed by atoms with Crippen molar-refractivity contribution in [2.45, 2.75) is 31.2 Å². The molecule has 2 atom stereocenters. The number of carbonyl (C=O) groups excluding carboxylic acids is 1. The van der Waals surface area contributed by atoms with Crippen molar-refractivity contribution in [2.24, 2.45) is 4.99 Å². The first-order chi connectivity index (χ1) is 19.7. The lowest BCUT2D eigenvalue weighted by Gasteiger charge is -2.26. The average Bonchev–Trinajstić information content (AvgIpc) is 3.57. The Balaban J connectivity index is 1.33. The van der Waals surface area contributed by atoms with Crippen LogP contribution in [0.2, 0.25) is 0 Å². The smallest absolute Gasteiger partial charge is 0.402 e. The molecule has 4 aromatic rings. The summed E-state index contributed by atoms with van der Waals surface area (Å²) in [5.41, 5.74) is 1.23. The number of hydrogen-bond acceptors (Lipinski definition) is 9. The number of benzodiazepines with no additional fused rings is 1. The number of rotatable bonds is 6. The summed E-state index contributed by atoms with van der Waals surface area (Å²) in [6.45, 7) is 2.62. The second-order valence-corrected chi connectivity index (χ2v) is 9.94. The molecule has 1 fully saturated rings. The summed E-state index contributed by atoms with van der Waals surface area (Å²) in [6.07, 6.45) is -4.47. The summed E-state index contributed by atoms with van der Waals surface area (Å²) in [5.74, 6) is -0.608. The zero-order valence-corrected chi connectivity index (χ0v) is 21.7. The Bertz CT molecular complexity index is 1620. The number of para-hydroxylation sites is 1. The van der Waals surface area contributed by atoms with Crippen molar-refractivity contribution in [1.29, 1.82) is 0 Å². The van der Waals surface area contributed by atoms with Crippen molar-refractivity contribution in [3.05, 3.63) is 83.6 Å². The summed E-state index contributed by atoms with van der Waals surface area (Å²) < 4.78 is 51.7. The molecule has 1 unspecified atom stereocenters. The lowest BCUT2D eigenvalue weighted by Crippen LogP contribution is -2.35. The number of aromatic nitrogens is 3. The van der Waals surface area contributed by atoms with E-state index in [0.29, 0.717) is 37.2 Å². The first kappa shape index (κ1) is 26.4. The van der Waals surface area contributed by atoms with Crippen molar-refractivity contribution in [3.8, 4) is 11.6 Å².